The van der Waals surface area contributed by atoms with E-state index < -0.39 is 17.9 Å². The van der Waals surface area contributed by atoms with Crippen LogP contribution in [0.1, 0.15) is 0 Å². The number of aliphatic imine (C=N–C) groups is 1. The molecule has 0 aliphatic carbocycles. The Morgan fingerprint density at radius 1 is 1.26 bits per heavy atom. The van der Waals surface area contributed by atoms with E-state index in [4.69, 9.17) is 10.00 Å². The van der Waals surface area contributed by atoms with E-state index in [0.717, 1.165) is 9.37 Å². The predicted octanol–water partition coefficient (Wildman–Crippen LogP) is 1.89. The van der Waals surface area contributed by atoms with Gasteiger partial charge in [-0.05, 0) is 24.3 Å². The topological polar surface area (TPSA) is 86.0 Å². The van der Waals surface area contributed by atoms with Gasteiger partial charge in [-0.1, -0.05) is 15.9 Å². The number of amides is 3. The summed E-state index contributed by atoms with van der Waals surface area (Å²) in [4.78, 5) is 30.2. The van der Waals surface area contributed by atoms with Crippen molar-refractivity contribution >= 4 is 33.7 Å². The summed E-state index contributed by atoms with van der Waals surface area (Å²) >= 11 is 3.34. The fraction of sp³-hybridized carbons (Fsp3) is 0.333. The molecule has 0 radical (unpaired) electrons. The molecule has 2 rings (SSSR count). The summed E-state index contributed by atoms with van der Waals surface area (Å²) in [6, 6.07) is 8.71. The number of halogens is 1. The molecule has 1 aromatic carbocycles. The number of hydrogen-bond donors (Lipinski definition) is 0. The van der Waals surface area contributed by atoms with Crippen LogP contribution in [0.4, 0.5) is 4.79 Å². The molecule has 8 heteroatoms. The summed E-state index contributed by atoms with van der Waals surface area (Å²) in [5.41, 5.74) is 0. The van der Waals surface area contributed by atoms with Gasteiger partial charge in [0.2, 0.25) is 0 Å². The van der Waals surface area contributed by atoms with E-state index in [0.29, 0.717) is 5.75 Å². The molecule has 1 heterocycles. The van der Waals surface area contributed by atoms with E-state index in [1.54, 1.807) is 0 Å². The van der Waals surface area contributed by atoms with E-state index in [1.165, 1.54) is 19.0 Å². The number of nitrogens with zero attached hydrogens (tertiary/aromatic N) is 4. The van der Waals surface area contributed by atoms with Crippen molar-refractivity contribution in [3.8, 4) is 11.8 Å². The number of hydrogen-bond acceptors (Lipinski definition) is 5. The van der Waals surface area contributed by atoms with Crippen LogP contribution in [-0.4, -0.2) is 54.8 Å². The molecule has 1 atom stereocenters. The maximum atomic E-state index is 11.9. The van der Waals surface area contributed by atoms with Crippen LogP contribution in [-0.2, 0) is 4.79 Å². The van der Waals surface area contributed by atoms with Gasteiger partial charge in [0, 0.05) is 18.6 Å². The van der Waals surface area contributed by atoms with Crippen molar-refractivity contribution in [2.75, 3.05) is 27.2 Å². The quantitative estimate of drug-likeness (QED) is 0.748. The van der Waals surface area contributed by atoms with Crippen LogP contribution in [0, 0.1) is 17.2 Å². The third-order valence-corrected chi connectivity index (χ3v) is 3.86. The average molecular weight is 379 g/mol. The standard InChI is InChI=1S/C15H15BrN4O3/c1-19-13(12(9-17)14(21)20(2)15(19)22)18-7-8-23-11-5-3-10(16)4-6-11/h3-6,12H,7-8H2,1-2H3. The lowest BCUT2D eigenvalue weighted by Crippen LogP contribution is -2.56. The Morgan fingerprint density at radius 3 is 2.52 bits per heavy atom. The molecule has 1 fully saturated rings. The van der Waals surface area contributed by atoms with Gasteiger partial charge in [0.25, 0.3) is 5.91 Å². The number of carbonyl (C=O) groups excluding carboxylic acids is 2. The van der Waals surface area contributed by atoms with Crippen molar-refractivity contribution in [2.24, 2.45) is 10.9 Å². The summed E-state index contributed by atoms with van der Waals surface area (Å²) in [6.45, 7) is 0.507. The number of benzene rings is 1. The van der Waals surface area contributed by atoms with Crippen LogP contribution in [0.25, 0.3) is 0 Å². The van der Waals surface area contributed by atoms with Crippen LogP contribution in [0.15, 0.2) is 33.7 Å². The summed E-state index contributed by atoms with van der Waals surface area (Å²) in [5.74, 6) is -0.798. The Balaban J connectivity index is 2.02. The average Bonchev–Trinajstić information content (AvgIpc) is 2.55. The van der Waals surface area contributed by atoms with Crippen LogP contribution < -0.4 is 4.74 Å². The number of rotatable bonds is 4. The molecule has 7 nitrogen and oxygen atoms in total. The van der Waals surface area contributed by atoms with Gasteiger partial charge in [-0.2, -0.15) is 5.26 Å². The Bertz CT molecular complexity index is 681. The maximum Gasteiger partial charge on any atom is 0.331 e. The normalized spacial score (nSPS) is 19.9. The van der Waals surface area contributed by atoms with E-state index in [9.17, 15) is 9.59 Å². The number of urea groups is 1. The van der Waals surface area contributed by atoms with Gasteiger partial charge in [-0.25, -0.2) is 4.79 Å². The monoisotopic (exact) mass is 378 g/mol. The van der Waals surface area contributed by atoms with E-state index >= 15 is 0 Å². The Kier molecular flexibility index (Phi) is 5.34. The zero-order valence-corrected chi connectivity index (χ0v) is 14.3. The molecule has 1 aliphatic rings. The molecule has 1 aliphatic heterocycles. The second-order valence-electron chi connectivity index (χ2n) is 4.84. The first-order valence-electron chi connectivity index (χ1n) is 6.83. The molecule has 0 spiro atoms. The summed E-state index contributed by atoms with van der Waals surface area (Å²) in [7, 11) is 2.84. The molecule has 120 valence electrons. The Labute approximate surface area is 142 Å². The van der Waals surface area contributed by atoms with Gasteiger partial charge in [-0.15, -0.1) is 0 Å². The molecule has 0 N–H and O–H groups in total. The number of carbonyl (C=O) groups is 2. The summed E-state index contributed by atoms with van der Waals surface area (Å²) in [5, 5.41) is 9.16. The Hall–Kier alpha value is -2.40. The SMILES string of the molecule is CN1C(=O)C(C#N)C(=NCCOc2ccc(Br)cc2)N(C)C1=O. The molecule has 0 aromatic heterocycles. The maximum absolute atomic E-state index is 11.9. The fourth-order valence-corrected chi connectivity index (χ4v) is 2.34. The first-order chi connectivity index (χ1) is 11.0. The van der Waals surface area contributed by atoms with Crippen molar-refractivity contribution in [3.05, 3.63) is 28.7 Å². The lowest BCUT2D eigenvalue weighted by atomic mass is 10.1. The summed E-state index contributed by atoms with van der Waals surface area (Å²) < 4.78 is 6.47. The molecular weight excluding hydrogens is 364 g/mol. The highest BCUT2D eigenvalue weighted by Crippen LogP contribution is 2.17. The first-order valence-corrected chi connectivity index (χ1v) is 7.62. The smallest absolute Gasteiger partial charge is 0.331 e. The third kappa shape index (κ3) is 3.68. The van der Waals surface area contributed by atoms with Gasteiger partial charge in [0.15, 0.2) is 5.92 Å². The second-order valence-corrected chi connectivity index (χ2v) is 5.76. The van der Waals surface area contributed by atoms with Crippen molar-refractivity contribution < 1.29 is 14.3 Å². The predicted molar refractivity (Wildman–Crippen MR) is 87.0 cm³/mol. The molecule has 1 aromatic rings. The van der Waals surface area contributed by atoms with E-state index in [1.807, 2.05) is 30.3 Å². The molecular formula is C15H15BrN4O3. The van der Waals surface area contributed by atoms with Crippen LogP contribution in [0.5, 0.6) is 5.75 Å². The van der Waals surface area contributed by atoms with E-state index in [2.05, 4.69) is 20.9 Å². The minimum atomic E-state index is -1.07. The molecule has 0 saturated carbocycles. The minimum Gasteiger partial charge on any atom is -0.492 e. The van der Waals surface area contributed by atoms with Gasteiger partial charge in [-0.3, -0.25) is 19.6 Å². The number of imide groups is 1. The number of amidine groups is 1. The highest BCUT2D eigenvalue weighted by Gasteiger charge is 2.40. The van der Waals surface area contributed by atoms with Crippen molar-refractivity contribution in [1.82, 2.24) is 9.80 Å². The van der Waals surface area contributed by atoms with Crippen LogP contribution in [0.3, 0.4) is 0 Å². The van der Waals surface area contributed by atoms with Gasteiger partial charge >= 0.3 is 6.03 Å². The van der Waals surface area contributed by atoms with Gasteiger partial charge < -0.3 is 4.74 Å². The van der Waals surface area contributed by atoms with Crippen LogP contribution >= 0.6 is 15.9 Å². The summed E-state index contributed by atoms with van der Waals surface area (Å²) in [6.07, 6.45) is 0. The zero-order valence-electron chi connectivity index (χ0n) is 12.7. The molecule has 0 bridgehead atoms. The lowest BCUT2D eigenvalue weighted by molar-refractivity contribution is -0.129. The highest BCUT2D eigenvalue weighted by atomic mass is 79.9. The van der Waals surface area contributed by atoms with Crippen molar-refractivity contribution in [1.29, 1.82) is 5.26 Å². The third-order valence-electron chi connectivity index (χ3n) is 3.33. The number of ether oxygens (including phenoxy) is 1. The highest BCUT2D eigenvalue weighted by molar-refractivity contribution is 9.10. The van der Waals surface area contributed by atoms with Crippen molar-refractivity contribution in [3.63, 3.8) is 0 Å². The van der Waals surface area contributed by atoms with Gasteiger partial charge in [0.05, 0.1) is 12.6 Å². The fourth-order valence-electron chi connectivity index (χ4n) is 2.08. The Morgan fingerprint density at radius 2 is 1.91 bits per heavy atom. The molecule has 23 heavy (non-hydrogen) atoms. The molecule has 1 unspecified atom stereocenters. The largest absolute Gasteiger partial charge is 0.492 e. The zero-order chi connectivity index (χ0) is 17.0. The van der Waals surface area contributed by atoms with Crippen LogP contribution in [0.2, 0.25) is 0 Å². The van der Waals surface area contributed by atoms with Crippen molar-refractivity contribution in [2.45, 2.75) is 0 Å². The molecule has 3 amide bonds. The number of nitriles is 1. The first kappa shape index (κ1) is 17.0. The van der Waals surface area contributed by atoms with Gasteiger partial charge in [0.1, 0.15) is 18.2 Å². The van der Waals surface area contributed by atoms with E-state index in [-0.39, 0.29) is 19.0 Å². The second kappa shape index (κ2) is 7.24. The minimum absolute atomic E-state index is 0.153. The lowest BCUT2D eigenvalue weighted by Gasteiger charge is -2.32. The molecule has 1 saturated heterocycles.